The fourth-order valence-corrected chi connectivity index (χ4v) is 1.78. The Kier molecular flexibility index (Phi) is 2.90. The standard InChI is InChI=1S/C12H14N2O2/c1-3-7-14-8-13-11-9(12(15)16-2)5-4-6-10(11)14/h4-6,8H,3,7H2,1-2H3. The highest BCUT2D eigenvalue weighted by Gasteiger charge is 2.13. The molecule has 0 atom stereocenters. The molecule has 84 valence electrons. The molecule has 0 aliphatic rings. The van der Waals surface area contributed by atoms with E-state index in [1.165, 1.54) is 7.11 Å². The number of methoxy groups -OCH3 is 1. The fraction of sp³-hybridized carbons (Fsp3) is 0.333. The third-order valence-corrected chi connectivity index (χ3v) is 2.52. The first-order chi connectivity index (χ1) is 7.77. The van der Waals surface area contributed by atoms with Gasteiger partial charge in [-0.2, -0.15) is 0 Å². The van der Waals surface area contributed by atoms with E-state index in [-0.39, 0.29) is 5.97 Å². The molecule has 1 aromatic carbocycles. The molecule has 0 amide bonds. The van der Waals surface area contributed by atoms with Crippen LogP contribution in [0.15, 0.2) is 24.5 Å². The Bertz CT molecular complexity index is 517. The topological polar surface area (TPSA) is 44.1 Å². The summed E-state index contributed by atoms with van der Waals surface area (Å²) in [5.41, 5.74) is 2.21. The molecule has 0 aliphatic carbocycles. The van der Waals surface area contributed by atoms with Gasteiger partial charge in [-0.25, -0.2) is 9.78 Å². The highest BCUT2D eigenvalue weighted by Crippen LogP contribution is 2.18. The van der Waals surface area contributed by atoms with Crippen LogP contribution in [-0.2, 0) is 11.3 Å². The van der Waals surface area contributed by atoms with Gasteiger partial charge in [0.25, 0.3) is 0 Å². The molecule has 0 saturated heterocycles. The fourth-order valence-electron chi connectivity index (χ4n) is 1.78. The second-order valence-electron chi connectivity index (χ2n) is 3.60. The van der Waals surface area contributed by atoms with Gasteiger partial charge in [0, 0.05) is 6.54 Å². The molecule has 0 aliphatic heterocycles. The maximum atomic E-state index is 11.5. The van der Waals surface area contributed by atoms with E-state index in [0.29, 0.717) is 11.1 Å². The summed E-state index contributed by atoms with van der Waals surface area (Å²) in [5.74, 6) is -0.340. The molecule has 0 saturated carbocycles. The SMILES string of the molecule is CCCn1cnc2c(C(=O)OC)cccc21. The second-order valence-corrected chi connectivity index (χ2v) is 3.60. The van der Waals surface area contributed by atoms with E-state index in [9.17, 15) is 4.79 Å². The minimum Gasteiger partial charge on any atom is -0.465 e. The number of hydrogen-bond acceptors (Lipinski definition) is 3. The molecule has 0 unspecified atom stereocenters. The maximum absolute atomic E-state index is 11.5. The highest BCUT2D eigenvalue weighted by molar-refractivity contribution is 6.01. The summed E-state index contributed by atoms with van der Waals surface area (Å²) in [5, 5.41) is 0. The molecule has 4 nitrogen and oxygen atoms in total. The van der Waals surface area contributed by atoms with Crippen molar-refractivity contribution in [1.82, 2.24) is 9.55 Å². The lowest BCUT2D eigenvalue weighted by molar-refractivity contribution is 0.0603. The number of carbonyl (C=O) groups excluding carboxylic acids is 1. The molecule has 0 bridgehead atoms. The molecule has 0 N–H and O–H groups in total. The van der Waals surface area contributed by atoms with E-state index in [0.717, 1.165) is 18.5 Å². The van der Waals surface area contributed by atoms with Gasteiger partial charge in [0.2, 0.25) is 0 Å². The predicted octanol–water partition coefficient (Wildman–Crippen LogP) is 2.23. The summed E-state index contributed by atoms with van der Waals surface area (Å²) < 4.78 is 6.77. The summed E-state index contributed by atoms with van der Waals surface area (Å²) in [7, 11) is 1.38. The van der Waals surface area contributed by atoms with Crippen LogP contribution in [0, 0.1) is 0 Å². The summed E-state index contributed by atoms with van der Waals surface area (Å²) in [6.07, 6.45) is 2.80. The summed E-state index contributed by atoms with van der Waals surface area (Å²) >= 11 is 0. The first kappa shape index (κ1) is 10.7. The van der Waals surface area contributed by atoms with Crippen molar-refractivity contribution in [2.24, 2.45) is 0 Å². The Hall–Kier alpha value is -1.84. The zero-order valence-corrected chi connectivity index (χ0v) is 9.43. The third kappa shape index (κ3) is 1.66. The molecule has 0 fully saturated rings. The molecular formula is C12H14N2O2. The Balaban J connectivity index is 2.57. The third-order valence-electron chi connectivity index (χ3n) is 2.52. The van der Waals surface area contributed by atoms with Gasteiger partial charge in [0.15, 0.2) is 0 Å². The first-order valence-electron chi connectivity index (χ1n) is 5.30. The quantitative estimate of drug-likeness (QED) is 0.742. The van der Waals surface area contributed by atoms with Crippen molar-refractivity contribution < 1.29 is 9.53 Å². The minimum atomic E-state index is -0.340. The Morgan fingerprint density at radius 1 is 1.50 bits per heavy atom. The number of para-hydroxylation sites is 1. The number of carbonyl (C=O) groups is 1. The number of imidazole rings is 1. The Labute approximate surface area is 93.9 Å². The van der Waals surface area contributed by atoms with Crippen LogP contribution in [0.25, 0.3) is 11.0 Å². The van der Waals surface area contributed by atoms with Crippen LogP contribution in [0.1, 0.15) is 23.7 Å². The average molecular weight is 218 g/mol. The van der Waals surface area contributed by atoms with Crippen molar-refractivity contribution in [3.05, 3.63) is 30.1 Å². The second kappa shape index (κ2) is 4.35. The zero-order valence-electron chi connectivity index (χ0n) is 9.43. The van der Waals surface area contributed by atoms with Crippen LogP contribution in [0.3, 0.4) is 0 Å². The zero-order chi connectivity index (χ0) is 11.5. The first-order valence-corrected chi connectivity index (χ1v) is 5.30. The van der Waals surface area contributed by atoms with Gasteiger partial charge in [-0.3, -0.25) is 0 Å². The van der Waals surface area contributed by atoms with E-state index >= 15 is 0 Å². The lowest BCUT2D eigenvalue weighted by atomic mass is 10.2. The Morgan fingerprint density at radius 3 is 3.00 bits per heavy atom. The van der Waals surface area contributed by atoms with Gasteiger partial charge >= 0.3 is 5.97 Å². The number of rotatable bonds is 3. The predicted molar refractivity (Wildman–Crippen MR) is 61.4 cm³/mol. The number of nitrogens with zero attached hydrogens (tertiary/aromatic N) is 2. The normalized spacial score (nSPS) is 10.6. The summed E-state index contributed by atoms with van der Waals surface area (Å²) in [4.78, 5) is 15.8. The van der Waals surface area contributed by atoms with Gasteiger partial charge in [-0.05, 0) is 18.6 Å². The molecular weight excluding hydrogens is 204 g/mol. The number of hydrogen-bond donors (Lipinski definition) is 0. The van der Waals surface area contributed by atoms with Crippen molar-refractivity contribution in [3.8, 4) is 0 Å². The van der Waals surface area contributed by atoms with Crippen molar-refractivity contribution in [3.63, 3.8) is 0 Å². The summed E-state index contributed by atoms with van der Waals surface area (Å²) in [6, 6.07) is 5.55. The van der Waals surface area contributed by atoms with Crippen LogP contribution in [-0.4, -0.2) is 22.6 Å². The van der Waals surface area contributed by atoms with Gasteiger partial charge in [-0.1, -0.05) is 13.0 Å². The van der Waals surface area contributed by atoms with Gasteiger partial charge in [-0.15, -0.1) is 0 Å². The van der Waals surface area contributed by atoms with Crippen LogP contribution in [0.2, 0.25) is 0 Å². The molecule has 2 rings (SSSR count). The number of esters is 1. The van der Waals surface area contributed by atoms with Crippen molar-refractivity contribution in [1.29, 1.82) is 0 Å². The maximum Gasteiger partial charge on any atom is 0.340 e. The van der Waals surface area contributed by atoms with E-state index in [1.54, 1.807) is 12.4 Å². The van der Waals surface area contributed by atoms with Crippen molar-refractivity contribution in [2.75, 3.05) is 7.11 Å². The van der Waals surface area contributed by atoms with Crippen LogP contribution in [0.4, 0.5) is 0 Å². The molecule has 0 spiro atoms. The minimum absolute atomic E-state index is 0.340. The van der Waals surface area contributed by atoms with E-state index in [1.807, 2.05) is 16.7 Å². The highest BCUT2D eigenvalue weighted by atomic mass is 16.5. The number of ether oxygens (including phenoxy) is 1. The van der Waals surface area contributed by atoms with Gasteiger partial charge < -0.3 is 9.30 Å². The van der Waals surface area contributed by atoms with Crippen LogP contribution < -0.4 is 0 Å². The van der Waals surface area contributed by atoms with Gasteiger partial charge in [0.1, 0.15) is 5.52 Å². The summed E-state index contributed by atoms with van der Waals surface area (Å²) in [6.45, 7) is 3.01. The molecule has 2 aromatic rings. The molecule has 1 aromatic heterocycles. The van der Waals surface area contributed by atoms with Crippen molar-refractivity contribution >= 4 is 17.0 Å². The van der Waals surface area contributed by atoms with Crippen LogP contribution in [0.5, 0.6) is 0 Å². The van der Waals surface area contributed by atoms with Gasteiger partial charge in [0.05, 0.1) is 24.5 Å². The van der Waals surface area contributed by atoms with Crippen molar-refractivity contribution in [2.45, 2.75) is 19.9 Å². The Morgan fingerprint density at radius 2 is 2.31 bits per heavy atom. The van der Waals surface area contributed by atoms with E-state index < -0.39 is 0 Å². The smallest absolute Gasteiger partial charge is 0.340 e. The lowest BCUT2D eigenvalue weighted by Crippen LogP contribution is -2.02. The number of fused-ring (bicyclic) bond motifs is 1. The van der Waals surface area contributed by atoms with Crippen LogP contribution >= 0.6 is 0 Å². The lowest BCUT2D eigenvalue weighted by Gasteiger charge is -2.03. The number of aryl methyl sites for hydroxylation is 1. The molecule has 16 heavy (non-hydrogen) atoms. The number of benzene rings is 1. The van der Waals surface area contributed by atoms with E-state index in [4.69, 9.17) is 4.74 Å². The largest absolute Gasteiger partial charge is 0.465 e. The van der Waals surface area contributed by atoms with E-state index in [2.05, 4.69) is 11.9 Å². The molecule has 0 radical (unpaired) electrons. The molecule has 4 heteroatoms. The molecule has 1 heterocycles. The monoisotopic (exact) mass is 218 g/mol. The number of aromatic nitrogens is 2. The average Bonchev–Trinajstić information content (AvgIpc) is 2.72.